The van der Waals surface area contributed by atoms with E-state index >= 15 is 0 Å². The second-order valence-electron chi connectivity index (χ2n) is 3.80. The molecule has 0 spiro atoms. The number of hydrogen-bond donors (Lipinski definition) is 1. The molecule has 6 nitrogen and oxygen atoms in total. The van der Waals surface area contributed by atoms with E-state index in [0.29, 0.717) is 12.4 Å². The Morgan fingerprint density at radius 3 is 2.55 bits per heavy atom. The Hall–Kier alpha value is -1.16. The molecular weight excluding hydrogens is 318 g/mol. The fourth-order valence-corrected chi connectivity index (χ4v) is 3.57. The zero-order chi connectivity index (χ0) is 14.6. The molecule has 0 aliphatic rings. The van der Waals surface area contributed by atoms with E-state index < -0.39 is 10.0 Å². The minimum absolute atomic E-state index is 0.0727. The summed E-state index contributed by atoms with van der Waals surface area (Å²) < 4.78 is 28.6. The summed E-state index contributed by atoms with van der Waals surface area (Å²) in [5.41, 5.74) is 0. The molecule has 1 aromatic carbocycles. The van der Waals surface area contributed by atoms with Crippen LogP contribution in [-0.4, -0.2) is 31.0 Å². The van der Waals surface area contributed by atoms with Crippen molar-refractivity contribution in [1.29, 1.82) is 0 Å². The number of sulfonamides is 1. The van der Waals surface area contributed by atoms with Gasteiger partial charge in [0.1, 0.15) is 10.8 Å². The molecule has 0 bridgehead atoms. The van der Waals surface area contributed by atoms with Gasteiger partial charge in [-0.15, -0.1) is 10.2 Å². The van der Waals surface area contributed by atoms with Crippen LogP contribution < -0.4 is 9.88 Å². The van der Waals surface area contributed by atoms with Crippen molar-refractivity contribution in [2.24, 2.45) is 5.14 Å². The Labute approximate surface area is 125 Å². The summed E-state index contributed by atoms with van der Waals surface area (Å²) in [7, 11) is -3.65. The average Bonchev–Trinajstić information content (AvgIpc) is 2.80. The van der Waals surface area contributed by atoms with Crippen molar-refractivity contribution in [2.45, 2.75) is 16.2 Å². The SMILES string of the molecule is Cc1nnc(SCCOc2ccc(S(N)(=O)=O)cc2)s1. The highest BCUT2D eigenvalue weighted by atomic mass is 32.2. The maximum atomic E-state index is 11.1. The van der Waals surface area contributed by atoms with Crippen molar-refractivity contribution in [3.8, 4) is 5.75 Å². The van der Waals surface area contributed by atoms with Gasteiger partial charge >= 0.3 is 0 Å². The summed E-state index contributed by atoms with van der Waals surface area (Å²) in [5.74, 6) is 1.34. The van der Waals surface area contributed by atoms with Gasteiger partial charge < -0.3 is 4.74 Å². The number of thioether (sulfide) groups is 1. The average molecular weight is 331 g/mol. The predicted molar refractivity (Wildman–Crippen MR) is 78.7 cm³/mol. The van der Waals surface area contributed by atoms with Crippen LogP contribution in [0.1, 0.15) is 5.01 Å². The first-order valence-corrected chi connectivity index (χ1v) is 8.98. The molecule has 0 saturated carbocycles. The predicted octanol–water partition coefficient (Wildman–Crippen LogP) is 1.67. The zero-order valence-electron chi connectivity index (χ0n) is 10.6. The lowest BCUT2D eigenvalue weighted by atomic mass is 10.3. The molecule has 0 unspecified atom stereocenters. The minimum Gasteiger partial charge on any atom is -0.493 e. The highest BCUT2D eigenvalue weighted by molar-refractivity contribution is 8.01. The van der Waals surface area contributed by atoms with E-state index in [0.717, 1.165) is 15.1 Å². The first-order chi connectivity index (χ1) is 9.45. The van der Waals surface area contributed by atoms with Crippen molar-refractivity contribution in [3.63, 3.8) is 0 Å². The van der Waals surface area contributed by atoms with Crippen molar-refractivity contribution in [2.75, 3.05) is 12.4 Å². The lowest BCUT2D eigenvalue weighted by molar-refractivity contribution is 0.343. The van der Waals surface area contributed by atoms with E-state index in [1.54, 1.807) is 35.2 Å². The number of primary sulfonamides is 1. The second kappa shape index (κ2) is 6.53. The van der Waals surface area contributed by atoms with E-state index in [2.05, 4.69) is 10.2 Å². The second-order valence-corrected chi connectivity index (χ2v) is 7.89. The summed E-state index contributed by atoms with van der Waals surface area (Å²) in [5, 5.41) is 13.9. The van der Waals surface area contributed by atoms with Gasteiger partial charge in [-0.1, -0.05) is 23.1 Å². The summed E-state index contributed by atoms with van der Waals surface area (Å²) >= 11 is 3.12. The molecule has 108 valence electrons. The fourth-order valence-electron chi connectivity index (χ4n) is 1.35. The first kappa shape index (κ1) is 15.2. The van der Waals surface area contributed by atoms with E-state index in [-0.39, 0.29) is 4.90 Å². The van der Waals surface area contributed by atoms with Gasteiger partial charge in [0.05, 0.1) is 11.5 Å². The maximum absolute atomic E-state index is 11.1. The number of nitrogens with two attached hydrogens (primary N) is 1. The van der Waals surface area contributed by atoms with Gasteiger partial charge in [-0.05, 0) is 31.2 Å². The number of aryl methyl sites for hydroxylation is 1. The highest BCUT2D eigenvalue weighted by Crippen LogP contribution is 2.22. The Kier molecular flexibility index (Phi) is 4.97. The van der Waals surface area contributed by atoms with Crippen LogP contribution in [0.3, 0.4) is 0 Å². The molecule has 0 atom stereocenters. The van der Waals surface area contributed by atoms with Gasteiger partial charge in [0.2, 0.25) is 10.0 Å². The maximum Gasteiger partial charge on any atom is 0.238 e. The first-order valence-electron chi connectivity index (χ1n) is 5.64. The van der Waals surface area contributed by atoms with Gasteiger partial charge in [-0.25, -0.2) is 13.6 Å². The molecule has 0 amide bonds. The molecule has 0 fully saturated rings. The van der Waals surface area contributed by atoms with E-state index in [1.165, 1.54) is 12.1 Å². The van der Waals surface area contributed by atoms with Crippen LogP contribution in [0.5, 0.6) is 5.75 Å². The van der Waals surface area contributed by atoms with E-state index in [4.69, 9.17) is 9.88 Å². The van der Waals surface area contributed by atoms with Crippen LogP contribution in [0.2, 0.25) is 0 Å². The summed E-state index contributed by atoms with van der Waals surface area (Å²) in [6.07, 6.45) is 0. The molecule has 2 rings (SSSR count). The third-order valence-corrected chi connectivity index (χ3v) is 5.10. The molecule has 0 saturated heterocycles. The molecule has 0 radical (unpaired) electrons. The molecule has 2 aromatic rings. The van der Waals surface area contributed by atoms with Crippen molar-refractivity contribution >= 4 is 33.1 Å². The van der Waals surface area contributed by atoms with Gasteiger partial charge in [-0.2, -0.15) is 0 Å². The van der Waals surface area contributed by atoms with Crippen LogP contribution in [0.4, 0.5) is 0 Å². The van der Waals surface area contributed by atoms with Gasteiger partial charge in [0.25, 0.3) is 0 Å². The zero-order valence-corrected chi connectivity index (χ0v) is 13.1. The summed E-state index contributed by atoms with van der Waals surface area (Å²) in [6.45, 7) is 2.41. The quantitative estimate of drug-likeness (QED) is 0.639. The lowest BCUT2D eigenvalue weighted by Gasteiger charge is -2.05. The molecular formula is C11H13N3O3S3. The standard InChI is InChI=1S/C11H13N3O3S3/c1-8-13-14-11(19-8)18-7-6-17-9-2-4-10(5-3-9)20(12,15)16/h2-5H,6-7H2,1H3,(H2,12,15,16). The highest BCUT2D eigenvalue weighted by Gasteiger charge is 2.07. The molecule has 0 aliphatic heterocycles. The van der Waals surface area contributed by atoms with Crippen molar-refractivity contribution in [3.05, 3.63) is 29.3 Å². The number of nitrogens with zero attached hydrogens (tertiary/aromatic N) is 2. The smallest absolute Gasteiger partial charge is 0.238 e. The molecule has 9 heteroatoms. The van der Waals surface area contributed by atoms with Gasteiger partial charge in [0.15, 0.2) is 4.34 Å². The van der Waals surface area contributed by atoms with E-state index in [9.17, 15) is 8.42 Å². The van der Waals surface area contributed by atoms with Crippen LogP contribution in [0.25, 0.3) is 0 Å². The number of rotatable bonds is 6. The van der Waals surface area contributed by atoms with Crippen LogP contribution in [-0.2, 0) is 10.0 Å². The third-order valence-electron chi connectivity index (χ3n) is 2.24. The molecule has 1 aromatic heterocycles. The van der Waals surface area contributed by atoms with E-state index in [1.807, 2.05) is 6.92 Å². The van der Waals surface area contributed by atoms with Gasteiger partial charge in [-0.3, -0.25) is 0 Å². The molecule has 20 heavy (non-hydrogen) atoms. The van der Waals surface area contributed by atoms with Crippen LogP contribution in [0, 0.1) is 6.92 Å². The van der Waals surface area contributed by atoms with Crippen LogP contribution >= 0.6 is 23.1 Å². The molecule has 2 N–H and O–H groups in total. The van der Waals surface area contributed by atoms with Gasteiger partial charge in [0, 0.05) is 5.75 Å². The summed E-state index contributed by atoms with van der Waals surface area (Å²) in [4.78, 5) is 0.0727. The normalized spacial score (nSPS) is 11.5. The largest absolute Gasteiger partial charge is 0.493 e. The Bertz CT molecular complexity index is 668. The lowest BCUT2D eigenvalue weighted by Crippen LogP contribution is -2.11. The Morgan fingerprint density at radius 1 is 1.30 bits per heavy atom. The number of aromatic nitrogens is 2. The van der Waals surface area contributed by atoms with Crippen molar-refractivity contribution in [1.82, 2.24) is 10.2 Å². The van der Waals surface area contributed by atoms with Crippen molar-refractivity contribution < 1.29 is 13.2 Å². The topological polar surface area (TPSA) is 95.2 Å². The molecule has 0 aliphatic carbocycles. The third kappa shape index (κ3) is 4.44. The summed E-state index contributed by atoms with van der Waals surface area (Å²) in [6, 6.07) is 6.01. The number of ether oxygens (including phenoxy) is 1. The molecule has 1 heterocycles. The fraction of sp³-hybridized carbons (Fsp3) is 0.273. The van der Waals surface area contributed by atoms with Crippen LogP contribution in [0.15, 0.2) is 33.5 Å². The number of hydrogen-bond acceptors (Lipinski definition) is 7. The number of benzene rings is 1. The monoisotopic (exact) mass is 331 g/mol. The Morgan fingerprint density at radius 2 is 2.00 bits per heavy atom. The Balaban J connectivity index is 1.80. The minimum atomic E-state index is -3.65.